The molecule has 0 amide bonds. The van der Waals surface area contributed by atoms with Gasteiger partial charge in [0.15, 0.2) is 6.10 Å². The highest BCUT2D eigenvalue weighted by molar-refractivity contribution is 5.75. The van der Waals surface area contributed by atoms with Gasteiger partial charge in [-0.15, -0.1) is 0 Å². The lowest BCUT2D eigenvalue weighted by Crippen LogP contribution is -2.35. The molecular weight excluding hydrogens is 218 g/mol. The van der Waals surface area contributed by atoms with Gasteiger partial charge >= 0.3 is 5.97 Å². The first-order chi connectivity index (χ1) is 8.16. The SMILES string of the molecule is CCCCOC(=O)[C@H](O)[C@@H](N)c1ccccc1. The molecule has 0 aliphatic heterocycles. The van der Waals surface area contributed by atoms with E-state index in [9.17, 15) is 9.90 Å². The van der Waals surface area contributed by atoms with Gasteiger partial charge < -0.3 is 15.6 Å². The van der Waals surface area contributed by atoms with Crippen molar-refractivity contribution < 1.29 is 14.6 Å². The summed E-state index contributed by atoms with van der Waals surface area (Å²) in [7, 11) is 0. The molecule has 1 aromatic rings. The molecule has 0 aliphatic rings. The number of aliphatic hydroxyl groups excluding tert-OH is 1. The van der Waals surface area contributed by atoms with Crippen molar-refractivity contribution in [3.8, 4) is 0 Å². The summed E-state index contributed by atoms with van der Waals surface area (Å²) in [6, 6.07) is 8.27. The van der Waals surface area contributed by atoms with E-state index in [4.69, 9.17) is 10.5 Å². The molecule has 3 N–H and O–H groups in total. The summed E-state index contributed by atoms with van der Waals surface area (Å²) < 4.78 is 4.92. The van der Waals surface area contributed by atoms with Gasteiger partial charge in [0.05, 0.1) is 12.6 Å². The molecule has 2 atom stereocenters. The Morgan fingerprint density at radius 1 is 1.41 bits per heavy atom. The smallest absolute Gasteiger partial charge is 0.336 e. The summed E-state index contributed by atoms with van der Waals surface area (Å²) in [5.74, 6) is -0.658. The lowest BCUT2D eigenvalue weighted by molar-refractivity contribution is -0.154. The molecule has 0 radical (unpaired) electrons. The fourth-order valence-corrected chi connectivity index (χ4v) is 1.41. The number of ether oxygens (including phenoxy) is 1. The maximum atomic E-state index is 11.5. The molecule has 17 heavy (non-hydrogen) atoms. The third kappa shape index (κ3) is 4.17. The number of unbranched alkanes of at least 4 members (excludes halogenated alkanes) is 1. The van der Waals surface area contributed by atoms with E-state index in [1.807, 2.05) is 25.1 Å². The number of rotatable bonds is 6. The predicted molar refractivity (Wildman–Crippen MR) is 65.2 cm³/mol. The number of esters is 1. The second kappa shape index (κ2) is 7.04. The molecular formula is C13H19NO3. The van der Waals surface area contributed by atoms with Crippen molar-refractivity contribution in [1.82, 2.24) is 0 Å². The summed E-state index contributed by atoms with van der Waals surface area (Å²) in [6.07, 6.45) is 0.418. The number of benzene rings is 1. The van der Waals surface area contributed by atoms with Crippen molar-refractivity contribution in [3.05, 3.63) is 35.9 Å². The predicted octanol–water partition coefficient (Wildman–Crippen LogP) is 1.39. The summed E-state index contributed by atoms with van der Waals surface area (Å²) in [5, 5.41) is 9.74. The molecule has 0 aromatic heterocycles. The van der Waals surface area contributed by atoms with E-state index >= 15 is 0 Å². The van der Waals surface area contributed by atoms with Crippen LogP contribution in [0.5, 0.6) is 0 Å². The van der Waals surface area contributed by atoms with Crippen molar-refractivity contribution in [1.29, 1.82) is 0 Å². The van der Waals surface area contributed by atoms with Crippen LogP contribution in [0.1, 0.15) is 31.4 Å². The van der Waals surface area contributed by atoms with Gasteiger partial charge in [-0.2, -0.15) is 0 Å². The zero-order valence-corrected chi connectivity index (χ0v) is 10.0. The molecule has 0 bridgehead atoms. The average molecular weight is 237 g/mol. The van der Waals surface area contributed by atoms with E-state index in [2.05, 4.69) is 0 Å². The highest BCUT2D eigenvalue weighted by Crippen LogP contribution is 2.14. The van der Waals surface area contributed by atoms with Gasteiger partial charge in [-0.25, -0.2) is 4.79 Å². The summed E-state index contributed by atoms with van der Waals surface area (Å²) in [5.41, 5.74) is 6.51. The summed E-state index contributed by atoms with van der Waals surface area (Å²) >= 11 is 0. The molecule has 0 unspecified atom stereocenters. The standard InChI is InChI=1S/C13H19NO3/c1-2-3-9-17-13(16)12(15)11(14)10-7-5-4-6-8-10/h4-8,11-12,15H,2-3,9,14H2,1H3/t11-,12+/m0/s1. The number of carbonyl (C=O) groups is 1. The van der Waals surface area contributed by atoms with E-state index in [0.717, 1.165) is 12.8 Å². The van der Waals surface area contributed by atoms with Gasteiger partial charge in [0.25, 0.3) is 0 Å². The fourth-order valence-electron chi connectivity index (χ4n) is 1.41. The Morgan fingerprint density at radius 2 is 2.06 bits per heavy atom. The Balaban J connectivity index is 2.51. The van der Waals surface area contributed by atoms with Crippen molar-refractivity contribution >= 4 is 5.97 Å². The highest BCUT2D eigenvalue weighted by Gasteiger charge is 2.25. The van der Waals surface area contributed by atoms with Crippen LogP contribution in [0.25, 0.3) is 0 Å². The molecule has 94 valence electrons. The van der Waals surface area contributed by atoms with Gasteiger partial charge in [0, 0.05) is 0 Å². The third-order valence-corrected chi connectivity index (χ3v) is 2.51. The molecule has 0 fully saturated rings. The number of hydrogen-bond donors (Lipinski definition) is 2. The Hall–Kier alpha value is -1.39. The van der Waals surface area contributed by atoms with E-state index < -0.39 is 18.1 Å². The normalized spacial score (nSPS) is 14.1. The second-order valence-corrected chi connectivity index (χ2v) is 3.90. The Labute approximate surface area is 101 Å². The number of carbonyl (C=O) groups excluding carboxylic acids is 1. The summed E-state index contributed by atoms with van der Waals surface area (Å²) in [4.78, 5) is 11.5. The fraction of sp³-hybridized carbons (Fsp3) is 0.462. The first kappa shape index (κ1) is 13.7. The topological polar surface area (TPSA) is 72.5 Å². The second-order valence-electron chi connectivity index (χ2n) is 3.90. The maximum Gasteiger partial charge on any atom is 0.336 e. The van der Waals surface area contributed by atoms with Crippen LogP contribution in [0.4, 0.5) is 0 Å². The lowest BCUT2D eigenvalue weighted by Gasteiger charge is -2.17. The van der Waals surface area contributed by atoms with Crippen LogP contribution in [0, 0.1) is 0 Å². The maximum absolute atomic E-state index is 11.5. The van der Waals surface area contributed by atoms with Crippen LogP contribution < -0.4 is 5.73 Å². The molecule has 0 saturated carbocycles. The first-order valence-electron chi connectivity index (χ1n) is 5.82. The van der Waals surface area contributed by atoms with E-state index in [-0.39, 0.29) is 0 Å². The number of aliphatic hydroxyl groups is 1. The Bertz CT molecular complexity index is 340. The molecule has 0 aliphatic carbocycles. The summed E-state index contributed by atoms with van der Waals surface area (Å²) in [6.45, 7) is 2.33. The third-order valence-electron chi connectivity index (χ3n) is 2.51. The molecule has 4 nitrogen and oxygen atoms in total. The Morgan fingerprint density at radius 3 is 2.65 bits per heavy atom. The van der Waals surface area contributed by atoms with Crippen LogP contribution in [0.3, 0.4) is 0 Å². The molecule has 0 heterocycles. The van der Waals surface area contributed by atoms with Crippen LogP contribution in [-0.2, 0) is 9.53 Å². The average Bonchev–Trinajstić information content (AvgIpc) is 2.38. The molecule has 1 rings (SSSR count). The van der Waals surface area contributed by atoms with E-state index in [1.165, 1.54) is 0 Å². The lowest BCUT2D eigenvalue weighted by atomic mass is 10.0. The molecule has 4 heteroatoms. The molecule has 1 aromatic carbocycles. The Kier molecular flexibility index (Phi) is 5.66. The monoisotopic (exact) mass is 237 g/mol. The van der Waals surface area contributed by atoms with Gasteiger partial charge in [-0.05, 0) is 12.0 Å². The van der Waals surface area contributed by atoms with Gasteiger partial charge in [-0.1, -0.05) is 43.7 Å². The largest absolute Gasteiger partial charge is 0.464 e. The zero-order valence-electron chi connectivity index (χ0n) is 10.0. The van der Waals surface area contributed by atoms with E-state index in [1.54, 1.807) is 12.1 Å². The molecule has 0 spiro atoms. The molecule has 0 saturated heterocycles. The number of hydrogen-bond acceptors (Lipinski definition) is 4. The van der Waals surface area contributed by atoms with Crippen molar-refractivity contribution in [3.63, 3.8) is 0 Å². The van der Waals surface area contributed by atoms with Crippen LogP contribution in [0.15, 0.2) is 30.3 Å². The van der Waals surface area contributed by atoms with Gasteiger partial charge in [0.1, 0.15) is 0 Å². The highest BCUT2D eigenvalue weighted by atomic mass is 16.5. The first-order valence-corrected chi connectivity index (χ1v) is 5.82. The minimum atomic E-state index is -1.31. The van der Waals surface area contributed by atoms with E-state index in [0.29, 0.717) is 12.2 Å². The minimum absolute atomic E-state index is 0.327. The number of nitrogens with two attached hydrogens (primary N) is 1. The zero-order chi connectivity index (χ0) is 12.7. The van der Waals surface area contributed by atoms with Gasteiger partial charge in [-0.3, -0.25) is 0 Å². The van der Waals surface area contributed by atoms with Crippen molar-refractivity contribution in [2.45, 2.75) is 31.9 Å². The van der Waals surface area contributed by atoms with Crippen LogP contribution in [-0.4, -0.2) is 23.8 Å². The van der Waals surface area contributed by atoms with Crippen LogP contribution in [0.2, 0.25) is 0 Å². The van der Waals surface area contributed by atoms with Crippen molar-refractivity contribution in [2.75, 3.05) is 6.61 Å². The minimum Gasteiger partial charge on any atom is -0.464 e. The quantitative estimate of drug-likeness (QED) is 0.579. The van der Waals surface area contributed by atoms with Crippen LogP contribution >= 0.6 is 0 Å². The van der Waals surface area contributed by atoms with Gasteiger partial charge in [0.2, 0.25) is 0 Å². The van der Waals surface area contributed by atoms with Crippen molar-refractivity contribution in [2.24, 2.45) is 5.73 Å².